The van der Waals surface area contributed by atoms with Crippen LogP contribution in [0, 0.1) is 5.82 Å². The molecule has 1 saturated heterocycles. The number of rotatable bonds is 3. The Morgan fingerprint density at radius 1 is 1.19 bits per heavy atom. The molecule has 0 radical (unpaired) electrons. The summed E-state index contributed by atoms with van der Waals surface area (Å²) >= 11 is 0. The lowest BCUT2D eigenvalue weighted by Crippen LogP contribution is -2.48. The van der Waals surface area contributed by atoms with Gasteiger partial charge in [0.05, 0.1) is 12.3 Å². The average molecular weight is 369 g/mol. The number of ether oxygens (including phenoxy) is 1. The van der Waals surface area contributed by atoms with Gasteiger partial charge >= 0.3 is 6.03 Å². The van der Waals surface area contributed by atoms with Crippen molar-refractivity contribution in [3.05, 3.63) is 59.9 Å². The summed E-state index contributed by atoms with van der Waals surface area (Å²) in [5, 5.41) is 5.09. The number of nitrogens with one attached hydrogen (secondary N) is 2. The number of anilines is 1. The molecule has 1 atom stereocenters. The van der Waals surface area contributed by atoms with Crippen molar-refractivity contribution in [2.24, 2.45) is 0 Å². The van der Waals surface area contributed by atoms with Gasteiger partial charge in [0.25, 0.3) is 5.91 Å². The van der Waals surface area contributed by atoms with Crippen LogP contribution in [-0.2, 0) is 15.1 Å². The molecule has 7 nitrogen and oxygen atoms in total. The predicted molar refractivity (Wildman–Crippen MR) is 93.5 cm³/mol. The number of para-hydroxylation sites is 2. The van der Waals surface area contributed by atoms with E-state index in [2.05, 4.69) is 10.6 Å². The van der Waals surface area contributed by atoms with Gasteiger partial charge in [0.1, 0.15) is 18.1 Å². The van der Waals surface area contributed by atoms with Gasteiger partial charge in [-0.2, -0.15) is 0 Å². The summed E-state index contributed by atoms with van der Waals surface area (Å²) in [5.41, 5.74) is -0.697. The highest BCUT2D eigenvalue weighted by molar-refractivity contribution is 6.10. The van der Waals surface area contributed by atoms with Gasteiger partial charge in [-0.15, -0.1) is 0 Å². The summed E-state index contributed by atoms with van der Waals surface area (Å²) in [6, 6.07) is 12.0. The van der Waals surface area contributed by atoms with E-state index in [9.17, 15) is 18.8 Å². The maximum absolute atomic E-state index is 13.7. The lowest BCUT2D eigenvalue weighted by Gasteiger charge is -2.33. The van der Waals surface area contributed by atoms with Crippen molar-refractivity contribution in [3.63, 3.8) is 0 Å². The number of hydrogen-bond donors (Lipinski definition) is 2. The van der Waals surface area contributed by atoms with Crippen LogP contribution in [-0.4, -0.2) is 35.9 Å². The summed E-state index contributed by atoms with van der Waals surface area (Å²) in [6.07, 6.45) is 0.264. The van der Waals surface area contributed by atoms with Crippen molar-refractivity contribution in [1.82, 2.24) is 10.2 Å². The molecule has 2 aliphatic heterocycles. The minimum absolute atomic E-state index is 0.0133. The fourth-order valence-electron chi connectivity index (χ4n) is 3.41. The van der Waals surface area contributed by atoms with Gasteiger partial charge in [-0.25, -0.2) is 9.18 Å². The molecule has 8 heteroatoms. The number of hydrogen-bond acceptors (Lipinski definition) is 4. The summed E-state index contributed by atoms with van der Waals surface area (Å²) in [6.45, 7) is -0.248. The highest BCUT2D eigenvalue weighted by Gasteiger charge is 2.55. The Morgan fingerprint density at radius 3 is 2.74 bits per heavy atom. The van der Waals surface area contributed by atoms with Crippen LogP contribution in [0.1, 0.15) is 12.0 Å². The van der Waals surface area contributed by atoms with E-state index < -0.39 is 35.7 Å². The molecule has 1 fully saturated rings. The van der Waals surface area contributed by atoms with E-state index in [0.717, 1.165) is 4.90 Å². The number of benzene rings is 2. The SMILES string of the molecule is O=C(CN1C(=O)N[C@]2(CCOc3ccccc32)C1=O)Nc1ccccc1F. The molecule has 2 heterocycles. The van der Waals surface area contributed by atoms with Crippen molar-refractivity contribution in [2.45, 2.75) is 12.0 Å². The van der Waals surface area contributed by atoms with Crippen LogP contribution in [0.5, 0.6) is 5.75 Å². The third-order valence-corrected chi connectivity index (χ3v) is 4.71. The lowest BCUT2D eigenvalue weighted by atomic mass is 9.84. The Balaban J connectivity index is 1.56. The standard InChI is InChI=1S/C19H16FN3O4/c20-13-6-2-3-7-14(13)21-16(24)11-23-17(25)19(22-18(23)26)9-10-27-15-8-4-1-5-12(15)19/h1-8H,9-11H2,(H,21,24)(H,22,26)/t19-/m0/s1. The second kappa shape index (κ2) is 6.39. The van der Waals surface area contributed by atoms with Crippen LogP contribution >= 0.6 is 0 Å². The number of amides is 4. The predicted octanol–water partition coefficient (Wildman–Crippen LogP) is 1.99. The van der Waals surface area contributed by atoms with E-state index in [1.165, 1.54) is 18.2 Å². The normalized spacial score (nSPS) is 20.9. The molecule has 27 heavy (non-hydrogen) atoms. The fourth-order valence-corrected chi connectivity index (χ4v) is 3.41. The van der Waals surface area contributed by atoms with Crippen LogP contribution in [0.2, 0.25) is 0 Å². The average Bonchev–Trinajstić information content (AvgIpc) is 2.89. The number of fused-ring (bicyclic) bond motifs is 2. The molecular formula is C19H16FN3O4. The smallest absolute Gasteiger partial charge is 0.325 e. The molecule has 2 aliphatic rings. The highest BCUT2D eigenvalue weighted by atomic mass is 19.1. The van der Waals surface area contributed by atoms with Gasteiger partial charge in [-0.05, 0) is 18.2 Å². The first-order valence-electron chi connectivity index (χ1n) is 8.42. The first kappa shape index (κ1) is 17.0. The molecule has 2 N–H and O–H groups in total. The van der Waals surface area contributed by atoms with Crippen molar-refractivity contribution < 1.29 is 23.5 Å². The van der Waals surface area contributed by atoms with Gasteiger partial charge < -0.3 is 15.4 Å². The van der Waals surface area contributed by atoms with Gasteiger partial charge in [0, 0.05) is 12.0 Å². The topological polar surface area (TPSA) is 87.7 Å². The maximum Gasteiger partial charge on any atom is 0.325 e. The summed E-state index contributed by atoms with van der Waals surface area (Å²) in [7, 11) is 0. The van der Waals surface area contributed by atoms with Crippen LogP contribution in [0.15, 0.2) is 48.5 Å². The van der Waals surface area contributed by atoms with Gasteiger partial charge in [-0.3, -0.25) is 14.5 Å². The molecule has 0 aliphatic carbocycles. The zero-order valence-corrected chi connectivity index (χ0v) is 14.2. The minimum Gasteiger partial charge on any atom is -0.493 e. The summed E-state index contributed by atoms with van der Waals surface area (Å²) in [4.78, 5) is 38.6. The van der Waals surface area contributed by atoms with Crippen LogP contribution < -0.4 is 15.4 Å². The lowest BCUT2D eigenvalue weighted by molar-refractivity contribution is -0.135. The number of halogens is 1. The van der Waals surface area contributed by atoms with Crippen LogP contribution in [0.4, 0.5) is 14.9 Å². The summed E-state index contributed by atoms with van der Waals surface area (Å²) < 4.78 is 19.2. The Bertz CT molecular complexity index is 948. The van der Waals surface area contributed by atoms with E-state index in [0.29, 0.717) is 11.3 Å². The Labute approximate surface area is 154 Å². The number of nitrogens with zero attached hydrogens (tertiary/aromatic N) is 1. The second-order valence-corrected chi connectivity index (χ2v) is 6.35. The van der Waals surface area contributed by atoms with Gasteiger partial charge in [-0.1, -0.05) is 30.3 Å². The molecule has 0 aromatic heterocycles. The van der Waals surface area contributed by atoms with Crippen molar-refractivity contribution in [2.75, 3.05) is 18.5 Å². The quantitative estimate of drug-likeness (QED) is 0.810. The molecular weight excluding hydrogens is 353 g/mol. The molecule has 0 unspecified atom stereocenters. The van der Waals surface area contributed by atoms with Crippen molar-refractivity contribution in [1.29, 1.82) is 0 Å². The Kier molecular flexibility index (Phi) is 4.02. The number of carbonyl (C=O) groups is 3. The van der Waals surface area contributed by atoms with E-state index >= 15 is 0 Å². The maximum atomic E-state index is 13.7. The zero-order valence-electron chi connectivity index (χ0n) is 14.2. The minimum atomic E-state index is -1.25. The van der Waals surface area contributed by atoms with E-state index in [-0.39, 0.29) is 18.7 Å². The third-order valence-electron chi connectivity index (χ3n) is 4.71. The van der Waals surface area contributed by atoms with Crippen molar-refractivity contribution >= 4 is 23.5 Å². The fraction of sp³-hybridized carbons (Fsp3) is 0.211. The number of urea groups is 1. The molecule has 0 bridgehead atoms. The van der Waals surface area contributed by atoms with Crippen LogP contribution in [0.3, 0.4) is 0 Å². The first-order chi connectivity index (χ1) is 13.0. The first-order valence-corrected chi connectivity index (χ1v) is 8.42. The molecule has 4 rings (SSSR count). The molecule has 2 aromatic rings. The molecule has 4 amide bonds. The number of imide groups is 1. The monoisotopic (exact) mass is 369 g/mol. The number of carbonyl (C=O) groups excluding carboxylic acids is 3. The molecule has 1 spiro atoms. The Morgan fingerprint density at radius 2 is 1.93 bits per heavy atom. The van der Waals surface area contributed by atoms with Crippen LogP contribution in [0.25, 0.3) is 0 Å². The van der Waals surface area contributed by atoms with Crippen molar-refractivity contribution in [3.8, 4) is 5.75 Å². The van der Waals surface area contributed by atoms with E-state index in [4.69, 9.17) is 4.74 Å². The summed E-state index contributed by atoms with van der Waals surface area (Å²) in [5.74, 6) is -1.26. The third kappa shape index (κ3) is 2.79. The second-order valence-electron chi connectivity index (χ2n) is 6.35. The largest absolute Gasteiger partial charge is 0.493 e. The van der Waals surface area contributed by atoms with Gasteiger partial charge in [0.15, 0.2) is 5.54 Å². The Hall–Kier alpha value is -3.42. The zero-order chi connectivity index (χ0) is 19.0. The molecule has 0 saturated carbocycles. The van der Waals surface area contributed by atoms with Gasteiger partial charge in [0.2, 0.25) is 5.91 Å². The van der Waals surface area contributed by atoms with E-state index in [1.807, 2.05) is 0 Å². The molecule has 138 valence electrons. The van der Waals surface area contributed by atoms with E-state index in [1.54, 1.807) is 30.3 Å². The highest BCUT2D eigenvalue weighted by Crippen LogP contribution is 2.40. The molecule has 2 aromatic carbocycles.